The fourth-order valence-corrected chi connectivity index (χ4v) is 3.82. The lowest BCUT2D eigenvalue weighted by atomic mass is 9.58. The number of ketones is 2. The largest absolute Gasteiger partial charge is 0.510 e. The van der Waals surface area contributed by atoms with E-state index < -0.39 is 28.5 Å². The second-order valence-electron chi connectivity index (χ2n) is 9.59. The van der Waals surface area contributed by atoms with Gasteiger partial charge >= 0.3 is 0 Å². The molecule has 1 aliphatic carbocycles. The number of aliphatic hydroxyl groups is 2. The third-order valence-corrected chi connectivity index (χ3v) is 5.88. The Hall–Kier alpha value is -2.36. The summed E-state index contributed by atoms with van der Waals surface area (Å²) in [5.74, 6) is -2.39. The first-order valence-corrected chi connectivity index (χ1v) is 10.7. The molecular formula is C26H38O4. The monoisotopic (exact) mass is 414 g/mol. The molecule has 0 aliphatic heterocycles. The van der Waals surface area contributed by atoms with E-state index in [1.165, 1.54) is 0 Å². The summed E-state index contributed by atoms with van der Waals surface area (Å²) in [6.07, 6.45) is 0.122. The fourth-order valence-electron chi connectivity index (χ4n) is 3.82. The zero-order chi connectivity index (χ0) is 23.7. The van der Waals surface area contributed by atoms with Crippen LogP contribution < -0.4 is 0 Å². The minimum Gasteiger partial charge on any atom is -0.510 e. The molecule has 1 aliphatic rings. The summed E-state index contributed by atoms with van der Waals surface area (Å²) in [5, 5.41) is 22.5. The Morgan fingerprint density at radius 1 is 0.833 bits per heavy atom. The zero-order valence-corrected chi connectivity index (χ0v) is 19.8. The second kappa shape index (κ2) is 9.20. The van der Waals surface area contributed by atoms with Crippen LogP contribution in [-0.4, -0.2) is 21.8 Å². The van der Waals surface area contributed by atoms with Crippen molar-refractivity contribution in [1.82, 2.24) is 0 Å². The van der Waals surface area contributed by atoms with E-state index in [4.69, 9.17) is 0 Å². The molecule has 0 aromatic heterocycles. The summed E-state index contributed by atoms with van der Waals surface area (Å²) in [5.41, 5.74) is -0.608. The quantitative estimate of drug-likeness (QED) is 0.426. The van der Waals surface area contributed by atoms with Crippen LogP contribution in [0.4, 0.5) is 0 Å². The van der Waals surface area contributed by atoms with Gasteiger partial charge in [0, 0.05) is 6.42 Å². The Morgan fingerprint density at radius 3 is 1.60 bits per heavy atom. The lowest BCUT2D eigenvalue weighted by molar-refractivity contribution is -0.122. The number of aliphatic hydroxyl groups excluding tert-OH is 2. The molecule has 0 amide bonds. The number of carbonyl (C=O) groups is 2. The Morgan fingerprint density at radius 2 is 1.27 bits per heavy atom. The van der Waals surface area contributed by atoms with Gasteiger partial charge in [0.2, 0.25) is 0 Å². The maximum atomic E-state index is 14.0. The van der Waals surface area contributed by atoms with E-state index in [-0.39, 0.29) is 41.2 Å². The molecule has 0 aromatic rings. The zero-order valence-electron chi connectivity index (χ0n) is 19.8. The highest BCUT2D eigenvalue weighted by Gasteiger charge is 2.55. The second-order valence-corrected chi connectivity index (χ2v) is 9.59. The fraction of sp³-hybridized carbons (Fsp3) is 0.538. The number of rotatable bonds is 9. The number of Topliss-reactive ketones (excluding diaryl/α,β-unsaturated/α-hetero) is 2. The minimum atomic E-state index is -1.68. The highest BCUT2D eigenvalue weighted by Crippen LogP contribution is 2.54. The molecule has 2 N–H and O–H groups in total. The predicted molar refractivity (Wildman–Crippen MR) is 123 cm³/mol. The average molecular weight is 415 g/mol. The van der Waals surface area contributed by atoms with E-state index in [0.717, 1.165) is 0 Å². The van der Waals surface area contributed by atoms with Gasteiger partial charge in [-0.1, -0.05) is 75.1 Å². The van der Waals surface area contributed by atoms with E-state index in [1.54, 1.807) is 0 Å². The van der Waals surface area contributed by atoms with Crippen molar-refractivity contribution in [2.75, 3.05) is 0 Å². The maximum Gasteiger partial charge on any atom is 0.188 e. The van der Waals surface area contributed by atoms with Crippen LogP contribution in [0.15, 0.2) is 59.1 Å². The normalized spacial score (nSPS) is 16.9. The molecule has 30 heavy (non-hydrogen) atoms. The summed E-state index contributed by atoms with van der Waals surface area (Å²) in [6, 6.07) is 0. The molecule has 0 saturated heterocycles. The summed E-state index contributed by atoms with van der Waals surface area (Å²) in [6.45, 7) is 27.3. The van der Waals surface area contributed by atoms with Crippen molar-refractivity contribution in [3.05, 3.63) is 59.1 Å². The smallest absolute Gasteiger partial charge is 0.188 e. The first-order chi connectivity index (χ1) is 13.6. The predicted octanol–water partition coefficient (Wildman–Crippen LogP) is 6.43. The van der Waals surface area contributed by atoms with Crippen LogP contribution in [0.1, 0.15) is 61.8 Å². The lowest BCUT2D eigenvalue weighted by Crippen LogP contribution is -2.45. The molecule has 0 bridgehead atoms. The molecule has 0 radical (unpaired) electrons. The summed E-state index contributed by atoms with van der Waals surface area (Å²) < 4.78 is 0. The molecule has 166 valence electrons. The van der Waals surface area contributed by atoms with Gasteiger partial charge in [0.25, 0.3) is 0 Å². The van der Waals surface area contributed by atoms with Crippen molar-refractivity contribution in [3.8, 4) is 0 Å². The van der Waals surface area contributed by atoms with Crippen LogP contribution in [0, 0.1) is 29.1 Å². The van der Waals surface area contributed by atoms with Crippen LogP contribution in [0.3, 0.4) is 0 Å². The molecule has 0 unspecified atom stereocenters. The van der Waals surface area contributed by atoms with Gasteiger partial charge in [-0.25, -0.2) is 0 Å². The van der Waals surface area contributed by atoms with Crippen LogP contribution in [-0.2, 0) is 9.59 Å². The maximum absolute atomic E-state index is 14.0. The van der Waals surface area contributed by atoms with Gasteiger partial charge in [0.15, 0.2) is 11.6 Å². The highest BCUT2D eigenvalue weighted by molar-refractivity contribution is 6.15. The van der Waals surface area contributed by atoms with Gasteiger partial charge in [0.1, 0.15) is 16.9 Å². The van der Waals surface area contributed by atoms with E-state index in [9.17, 15) is 19.8 Å². The SMILES string of the molecule is C=C(C1=C(O)C(C(=O)CC(C)C)=C(O)C(C(=C)C(C)C)(C(=C)C(C)C)C1=O)C(C)C. The van der Waals surface area contributed by atoms with Crippen LogP contribution in [0.5, 0.6) is 0 Å². The minimum absolute atomic E-state index is 0.0102. The van der Waals surface area contributed by atoms with Crippen molar-refractivity contribution >= 4 is 11.6 Å². The third kappa shape index (κ3) is 4.10. The van der Waals surface area contributed by atoms with Gasteiger partial charge in [-0.15, -0.1) is 0 Å². The topological polar surface area (TPSA) is 74.6 Å². The molecular weight excluding hydrogens is 376 g/mol. The van der Waals surface area contributed by atoms with Gasteiger partial charge in [-0.2, -0.15) is 0 Å². The molecule has 0 saturated carbocycles. The number of hydrogen-bond acceptors (Lipinski definition) is 4. The van der Waals surface area contributed by atoms with Crippen molar-refractivity contribution in [3.63, 3.8) is 0 Å². The molecule has 0 fully saturated rings. The van der Waals surface area contributed by atoms with Crippen LogP contribution >= 0.6 is 0 Å². The summed E-state index contributed by atoms with van der Waals surface area (Å²) in [7, 11) is 0. The van der Waals surface area contributed by atoms with Crippen LogP contribution in [0.25, 0.3) is 0 Å². The number of carbonyl (C=O) groups excluding carboxylic acids is 2. The first-order valence-electron chi connectivity index (χ1n) is 10.7. The molecule has 0 spiro atoms. The Balaban J connectivity index is 4.15. The Labute approximate surface area is 181 Å². The highest BCUT2D eigenvalue weighted by atomic mass is 16.3. The molecule has 4 heteroatoms. The van der Waals surface area contributed by atoms with Crippen molar-refractivity contribution < 1.29 is 19.8 Å². The average Bonchev–Trinajstić information content (AvgIpc) is 2.60. The van der Waals surface area contributed by atoms with Gasteiger partial charge < -0.3 is 10.2 Å². The molecule has 1 rings (SSSR count). The third-order valence-electron chi connectivity index (χ3n) is 5.88. The van der Waals surface area contributed by atoms with Crippen LogP contribution in [0.2, 0.25) is 0 Å². The summed E-state index contributed by atoms with van der Waals surface area (Å²) >= 11 is 0. The van der Waals surface area contributed by atoms with E-state index in [2.05, 4.69) is 19.7 Å². The van der Waals surface area contributed by atoms with E-state index >= 15 is 0 Å². The molecule has 0 aromatic carbocycles. The number of allylic oxidation sites excluding steroid dienone is 4. The lowest BCUT2D eigenvalue weighted by Gasteiger charge is -2.43. The Kier molecular flexibility index (Phi) is 7.87. The standard InChI is InChI=1S/C26H38O4/c1-13(2)12-20(27)22-23(28)21(17(9)14(3)4)24(29)26(25(22)30,18(10)15(5)6)19(11)16(7)8/h13-16,28,30H,9-12H2,1-8H3. The van der Waals surface area contributed by atoms with E-state index in [1.807, 2.05) is 55.4 Å². The van der Waals surface area contributed by atoms with E-state index in [0.29, 0.717) is 16.7 Å². The number of hydrogen-bond donors (Lipinski definition) is 2. The Bertz CT molecular complexity index is 824. The summed E-state index contributed by atoms with van der Waals surface area (Å²) in [4.78, 5) is 27.1. The van der Waals surface area contributed by atoms with Gasteiger partial charge in [0.05, 0.1) is 11.1 Å². The molecule has 0 atom stereocenters. The van der Waals surface area contributed by atoms with Gasteiger partial charge in [-0.3, -0.25) is 9.59 Å². The van der Waals surface area contributed by atoms with Crippen molar-refractivity contribution in [1.29, 1.82) is 0 Å². The van der Waals surface area contributed by atoms with Crippen molar-refractivity contribution in [2.24, 2.45) is 29.1 Å². The first kappa shape index (κ1) is 25.7. The molecule has 4 nitrogen and oxygen atoms in total. The van der Waals surface area contributed by atoms with Gasteiger partial charge in [-0.05, 0) is 40.4 Å². The van der Waals surface area contributed by atoms with Crippen molar-refractivity contribution in [2.45, 2.75) is 61.8 Å². The molecule has 0 heterocycles.